The number of aliphatic carboxylic acids is 1. The van der Waals surface area contributed by atoms with Crippen LogP contribution < -0.4 is 0 Å². The number of carbonyl (C=O) groups is 1. The molecule has 0 saturated heterocycles. The highest BCUT2D eigenvalue weighted by atomic mass is 16.4. The number of aromatic nitrogens is 1. The molecule has 1 heterocycles. The molecule has 0 saturated carbocycles. The Morgan fingerprint density at radius 2 is 1.94 bits per heavy atom. The third-order valence-corrected chi connectivity index (χ3v) is 2.70. The standard InChI is InChI=1S/C13H13NO3/c1-13(2,12(15)16)10-8-17-11(14-10)9-6-4-3-5-7-9/h3-8H,1-2H3,(H,15,16). The van der Waals surface area contributed by atoms with Crippen LogP contribution in [0.3, 0.4) is 0 Å². The van der Waals surface area contributed by atoms with Gasteiger partial charge < -0.3 is 9.52 Å². The summed E-state index contributed by atoms with van der Waals surface area (Å²) in [5.41, 5.74) is 0.208. The van der Waals surface area contributed by atoms with Crippen molar-refractivity contribution >= 4 is 5.97 Å². The molecule has 2 rings (SSSR count). The second kappa shape index (κ2) is 4.05. The van der Waals surface area contributed by atoms with Crippen molar-refractivity contribution < 1.29 is 14.3 Å². The van der Waals surface area contributed by atoms with Crippen LogP contribution in [-0.4, -0.2) is 16.1 Å². The molecular weight excluding hydrogens is 218 g/mol. The summed E-state index contributed by atoms with van der Waals surface area (Å²) in [5.74, 6) is -0.486. The Morgan fingerprint density at radius 1 is 1.29 bits per heavy atom. The first-order valence-electron chi connectivity index (χ1n) is 5.26. The van der Waals surface area contributed by atoms with Gasteiger partial charge in [0.25, 0.3) is 0 Å². The van der Waals surface area contributed by atoms with Gasteiger partial charge in [-0.25, -0.2) is 4.98 Å². The van der Waals surface area contributed by atoms with Crippen molar-refractivity contribution in [1.29, 1.82) is 0 Å². The van der Waals surface area contributed by atoms with Gasteiger partial charge in [-0.1, -0.05) is 18.2 Å². The lowest BCUT2D eigenvalue weighted by Gasteiger charge is -2.14. The third kappa shape index (κ3) is 2.06. The van der Waals surface area contributed by atoms with E-state index in [-0.39, 0.29) is 0 Å². The fourth-order valence-electron chi connectivity index (χ4n) is 1.38. The predicted molar refractivity (Wildman–Crippen MR) is 62.6 cm³/mol. The summed E-state index contributed by atoms with van der Waals surface area (Å²) in [7, 11) is 0. The molecular formula is C13H13NO3. The van der Waals surface area contributed by atoms with Gasteiger partial charge in [0.05, 0.1) is 5.69 Å². The Morgan fingerprint density at radius 3 is 2.53 bits per heavy atom. The van der Waals surface area contributed by atoms with Crippen molar-refractivity contribution in [2.24, 2.45) is 0 Å². The van der Waals surface area contributed by atoms with E-state index in [4.69, 9.17) is 9.52 Å². The fourth-order valence-corrected chi connectivity index (χ4v) is 1.38. The lowest BCUT2D eigenvalue weighted by molar-refractivity contribution is -0.142. The average molecular weight is 231 g/mol. The molecule has 0 aliphatic rings. The van der Waals surface area contributed by atoms with Gasteiger partial charge in [-0.05, 0) is 26.0 Å². The number of hydrogen-bond donors (Lipinski definition) is 1. The number of carboxylic acid groups (broad SMARTS) is 1. The lowest BCUT2D eigenvalue weighted by Crippen LogP contribution is -2.28. The second-order valence-electron chi connectivity index (χ2n) is 4.33. The molecule has 4 heteroatoms. The first-order valence-corrected chi connectivity index (χ1v) is 5.26. The quantitative estimate of drug-likeness (QED) is 0.882. The van der Waals surface area contributed by atoms with Crippen LogP contribution in [0, 0.1) is 0 Å². The number of hydrogen-bond acceptors (Lipinski definition) is 3. The molecule has 17 heavy (non-hydrogen) atoms. The van der Waals surface area contributed by atoms with Crippen molar-refractivity contribution in [2.45, 2.75) is 19.3 Å². The second-order valence-corrected chi connectivity index (χ2v) is 4.33. The average Bonchev–Trinajstić information content (AvgIpc) is 2.80. The molecule has 0 amide bonds. The molecule has 0 fully saturated rings. The molecule has 88 valence electrons. The SMILES string of the molecule is CC(C)(C(=O)O)c1coc(-c2ccccc2)n1. The molecule has 0 aliphatic heterocycles. The number of nitrogens with zero attached hydrogens (tertiary/aromatic N) is 1. The molecule has 1 N–H and O–H groups in total. The van der Waals surface area contributed by atoms with E-state index in [9.17, 15) is 4.79 Å². The van der Waals surface area contributed by atoms with Gasteiger partial charge in [0, 0.05) is 5.56 Å². The summed E-state index contributed by atoms with van der Waals surface area (Å²) in [6.45, 7) is 3.20. The lowest BCUT2D eigenvalue weighted by atomic mass is 9.90. The van der Waals surface area contributed by atoms with E-state index in [0.29, 0.717) is 11.6 Å². The number of carboxylic acids is 1. The van der Waals surface area contributed by atoms with Crippen LogP contribution in [0.25, 0.3) is 11.5 Å². The van der Waals surface area contributed by atoms with E-state index in [0.717, 1.165) is 5.56 Å². The van der Waals surface area contributed by atoms with Crippen LogP contribution in [0.15, 0.2) is 41.0 Å². The predicted octanol–water partition coefficient (Wildman–Crippen LogP) is 2.70. The van der Waals surface area contributed by atoms with E-state index in [1.54, 1.807) is 13.8 Å². The highest BCUT2D eigenvalue weighted by Gasteiger charge is 2.33. The number of benzene rings is 1. The summed E-state index contributed by atoms with van der Waals surface area (Å²) in [5, 5.41) is 9.09. The summed E-state index contributed by atoms with van der Waals surface area (Å²) in [4.78, 5) is 15.3. The van der Waals surface area contributed by atoms with Gasteiger partial charge >= 0.3 is 5.97 Å². The molecule has 1 aromatic carbocycles. The molecule has 0 atom stereocenters. The zero-order valence-electron chi connectivity index (χ0n) is 9.68. The maximum absolute atomic E-state index is 11.1. The van der Waals surface area contributed by atoms with Gasteiger partial charge in [0.2, 0.25) is 5.89 Å². The van der Waals surface area contributed by atoms with E-state index in [2.05, 4.69) is 4.98 Å². The van der Waals surface area contributed by atoms with Crippen LogP contribution in [0.4, 0.5) is 0 Å². The summed E-state index contributed by atoms with van der Waals surface area (Å²) >= 11 is 0. The zero-order chi connectivity index (χ0) is 12.5. The van der Waals surface area contributed by atoms with E-state index >= 15 is 0 Å². The monoisotopic (exact) mass is 231 g/mol. The van der Waals surface area contributed by atoms with E-state index in [1.807, 2.05) is 30.3 Å². The summed E-state index contributed by atoms with van der Waals surface area (Å²) in [6, 6.07) is 9.38. The fraction of sp³-hybridized carbons (Fsp3) is 0.231. The highest BCUT2D eigenvalue weighted by molar-refractivity contribution is 5.79. The van der Waals surface area contributed by atoms with Gasteiger partial charge in [0.1, 0.15) is 11.7 Å². The minimum atomic E-state index is -1.05. The van der Waals surface area contributed by atoms with Crippen LogP contribution in [0.5, 0.6) is 0 Å². The zero-order valence-corrected chi connectivity index (χ0v) is 9.68. The summed E-state index contributed by atoms with van der Waals surface area (Å²) < 4.78 is 5.31. The molecule has 4 nitrogen and oxygen atoms in total. The highest BCUT2D eigenvalue weighted by Crippen LogP contribution is 2.26. The van der Waals surface area contributed by atoms with Gasteiger partial charge in [-0.3, -0.25) is 4.79 Å². The Balaban J connectivity index is 2.38. The molecule has 1 aromatic heterocycles. The van der Waals surface area contributed by atoms with Gasteiger partial charge in [-0.2, -0.15) is 0 Å². The molecule has 2 aromatic rings. The minimum absolute atomic E-state index is 0.420. The topological polar surface area (TPSA) is 63.3 Å². The van der Waals surface area contributed by atoms with Gasteiger partial charge in [-0.15, -0.1) is 0 Å². The Labute approximate surface area is 98.9 Å². The number of oxazole rings is 1. The van der Waals surface area contributed by atoms with Crippen molar-refractivity contribution in [3.05, 3.63) is 42.3 Å². The van der Waals surface area contributed by atoms with Crippen LogP contribution in [0.1, 0.15) is 19.5 Å². The maximum Gasteiger partial charge on any atom is 0.315 e. The molecule has 0 unspecified atom stereocenters. The first-order chi connectivity index (χ1) is 8.01. The van der Waals surface area contributed by atoms with Crippen molar-refractivity contribution in [1.82, 2.24) is 4.98 Å². The minimum Gasteiger partial charge on any atom is -0.481 e. The largest absolute Gasteiger partial charge is 0.481 e. The third-order valence-electron chi connectivity index (χ3n) is 2.70. The molecule has 0 spiro atoms. The molecule has 0 bridgehead atoms. The Bertz CT molecular complexity index is 529. The van der Waals surface area contributed by atoms with Gasteiger partial charge in [0.15, 0.2) is 0 Å². The van der Waals surface area contributed by atoms with E-state index < -0.39 is 11.4 Å². The molecule has 0 radical (unpaired) electrons. The first kappa shape index (κ1) is 11.4. The normalized spacial score (nSPS) is 11.4. The van der Waals surface area contributed by atoms with Crippen LogP contribution >= 0.6 is 0 Å². The van der Waals surface area contributed by atoms with Crippen molar-refractivity contribution in [2.75, 3.05) is 0 Å². The maximum atomic E-state index is 11.1. The Kier molecular flexibility index (Phi) is 2.71. The van der Waals surface area contributed by atoms with Crippen molar-refractivity contribution in [3.8, 4) is 11.5 Å². The van der Waals surface area contributed by atoms with Crippen LogP contribution in [-0.2, 0) is 10.2 Å². The number of rotatable bonds is 3. The van der Waals surface area contributed by atoms with Crippen molar-refractivity contribution in [3.63, 3.8) is 0 Å². The Hall–Kier alpha value is -2.10. The van der Waals surface area contributed by atoms with Crippen LogP contribution in [0.2, 0.25) is 0 Å². The van der Waals surface area contributed by atoms with E-state index in [1.165, 1.54) is 6.26 Å². The molecule has 0 aliphatic carbocycles. The summed E-state index contributed by atoms with van der Waals surface area (Å²) in [6.07, 6.45) is 1.40. The smallest absolute Gasteiger partial charge is 0.315 e.